The molecule has 2 heteroatoms. The molecule has 0 saturated heterocycles. The second-order valence-corrected chi connectivity index (χ2v) is 10.2. The van der Waals surface area contributed by atoms with Gasteiger partial charge in [-0.1, -0.05) is 103 Å². The molecular weight excluding hydrogens is 486 g/mol. The van der Waals surface area contributed by atoms with Crippen molar-refractivity contribution in [2.75, 3.05) is 4.90 Å². The van der Waals surface area contributed by atoms with Gasteiger partial charge >= 0.3 is 0 Å². The summed E-state index contributed by atoms with van der Waals surface area (Å²) in [5.74, 6) is 0. The van der Waals surface area contributed by atoms with Crippen LogP contribution in [0.2, 0.25) is 0 Å². The van der Waals surface area contributed by atoms with Gasteiger partial charge in [0.1, 0.15) is 11.2 Å². The molecule has 0 fully saturated rings. The first-order valence-corrected chi connectivity index (χ1v) is 13.6. The lowest BCUT2D eigenvalue weighted by atomic mass is 10.0. The Morgan fingerprint density at radius 2 is 1.00 bits per heavy atom. The Hall–Kier alpha value is -5.34. The van der Waals surface area contributed by atoms with Gasteiger partial charge in [0.05, 0.1) is 5.69 Å². The number of benzene rings is 7. The predicted molar refractivity (Wildman–Crippen MR) is 169 cm³/mol. The summed E-state index contributed by atoms with van der Waals surface area (Å²) in [6.07, 6.45) is 0. The number of anilines is 3. The average molecular weight is 512 g/mol. The molecule has 1 aromatic heterocycles. The number of hydrogen-bond donors (Lipinski definition) is 0. The lowest BCUT2D eigenvalue weighted by Crippen LogP contribution is -2.10. The van der Waals surface area contributed by atoms with Gasteiger partial charge < -0.3 is 9.32 Å². The van der Waals surface area contributed by atoms with Crippen molar-refractivity contribution in [3.8, 4) is 11.1 Å². The van der Waals surface area contributed by atoms with Crippen molar-refractivity contribution in [2.24, 2.45) is 0 Å². The van der Waals surface area contributed by atoms with Gasteiger partial charge in [0, 0.05) is 27.5 Å². The predicted octanol–water partition coefficient (Wildman–Crippen LogP) is 11.0. The van der Waals surface area contributed by atoms with Crippen LogP contribution in [0, 0.1) is 0 Å². The molecule has 40 heavy (non-hydrogen) atoms. The van der Waals surface area contributed by atoms with E-state index in [-0.39, 0.29) is 0 Å². The smallest absolute Gasteiger partial charge is 0.136 e. The number of nitrogens with zero attached hydrogens (tertiary/aromatic N) is 1. The maximum absolute atomic E-state index is 6.32. The van der Waals surface area contributed by atoms with Crippen LogP contribution in [-0.2, 0) is 0 Å². The molecule has 2 nitrogen and oxygen atoms in total. The molecule has 188 valence electrons. The molecule has 0 radical (unpaired) electrons. The van der Waals surface area contributed by atoms with E-state index in [9.17, 15) is 0 Å². The van der Waals surface area contributed by atoms with Gasteiger partial charge in [0.15, 0.2) is 0 Å². The summed E-state index contributed by atoms with van der Waals surface area (Å²) in [4.78, 5) is 2.36. The van der Waals surface area contributed by atoms with E-state index in [2.05, 4.69) is 157 Å². The Bertz CT molecular complexity index is 2150. The number of fused-ring (bicyclic) bond motifs is 5. The summed E-state index contributed by atoms with van der Waals surface area (Å²) in [6.45, 7) is 0. The van der Waals surface area contributed by atoms with E-state index in [1.54, 1.807) is 0 Å². The topological polar surface area (TPSA) is 16.4 Å². The maximum atomic E-state index is 6.32. The van der Waals surface area contributed by atoms with Gasteiger partial charge in [-0.15, -0.1) is 0 Å². The van der Waals surface area contributed by atoms with Crippen LogP contribution in [-0.4, -0.2) is 0 Å². The molecule has 0 unspecified atom stereocenters. The van der Waals surface area contributed by atoms with Crippen LogP contribution in [0.15, 0.2) is 156 Å². The Balaban J connectivity index is 1.34. The van der Waals surface area contributed by atoms with E-state index in [1.165, 1.54) is 32.7 Å². The highest BCUT2D eigenvalue weighted by Gasteiger charge is 2.18. The molecule has 0 aliphatic heterocycles. The van der Waals surface area contributed by atoms with E-state index < -0.39 is 0 Å². The molecule has 0 saturated carbocycles. The van der Waals surface area contributed by atoms with E-state index >= 15 is 0 Å². The first kappa shape index (κ1) is 22.6. The average Bonchev–Trinajstić information content (AvgIpc) is 3.37. The molecule has 0 atom stereocenters. The van der Waals surface area contributed by atoms with Gasteiger partial charge in [0.25, 0.3) is 0 Å². The van der Waals surface area contributed by atoms with Crippen LogP contribution < -0.4 is 4.90 Å². The van der Waals surface area contributed by atoms with Crippen molar-refractivity contribution < 1.29 is 4.42 Å². The fourth-order valence-electron chi connectivity index (χ4n) is 5.85. The highest BCUT2D eigenvalue weighted by atomic mass is 16.3. The summed E-state index contributed by atoms with van der Waals surface area (Å²) in [6, 6.07) is 53.9. The number of rotatable bonds is 4. The molecule has 0 amide bonds. The monoisotopic (exact) mass is 511 g/mol. The summed E-state index contributed by atoms with van der Waals surface area (Å²) >= 11 is 0. The largest absolute Gasteiger partial charge is 0.456 e. The molecule has 0 aliphatic carbocycles. The van der Waals surface area contributed by atoms with Crippen LogP contribution in [0.1, 0.15) is 0 Å². The van der Waals surface area contributed by atoms with Crippen molar-refractivity contribution in [3.05, 3.63) is 152 Å². The van der Waals surface area contributed by atoms with Crippen molar-refractivity contribution in [1.82, 2.24) is 0 Å². The molecule has 7 aromatic carbocycles. The minimum Gasteiger partial charge on any atom is -0.456 e. The minimum absolute atomic E-state index is 0.895. The fraction of sp³-hybridized carbons (Fsp3) is 0. The van der Waals surface area contributed by atoms with Gasteiger partial charge in [-0.25, -0.2) is 0 Å². The zero-order chi connectivity index (χ0) is 26.5. The molecule has 0 spiro atoms. The third kappa shape index (κ3) is 3.73. The van der Waals surface area contributed by atoms with E-state index in [0.29, 0.717) is 0 Å². The molecule has 0 bridgehead atoms. The number of furan rings is 1. The highest BCUT2D eigenvalue weighted by molar-refractivity contribution is 6.11. The first-order chi connectivity index (χ1) is 19.8. The summed E-state index contributed by atoms with van der Waals surface area (Å²) < 4.78 is 6.32. The second-order valence-electron chi connectivity index (χ2n) is 10.2. The van der Waals surface area contributed by atoms with Gasteiger partial charge in [0.2, 0.25) is 0 Å². The summed E-state index contributed by atoms with van der Waals surface area (Å²) in [5, 5.41) is 7.07. The number of hydrogen-bond acceptors (Lipinski definition) is 2. The Morgan fingerprint density at radius 3 is 1.82 bits per heavy atom. The Kier molecular flexibility index (Phi) is 5.17. The quantitative estimate of drug-likeness (QED) is 0.234. The van der Waals surface area contributed by atoms with Crippen molar-refractivity contribution in [1.29, 1.82) is 0 Å². The third-order valence-electron chi connectivity index (χ3n) is 7.82. The maximum Gasteiger partial charge on any atom is 0.136 e. The summed E-state index contributed by atoms with van der Waals surface area (Å²) in [7, 11) is 0. The zero-order valence-corrected chi connectivity index (χ0v) is 21.8. The van der Waals surface area contributed by atoms with Crippen molar-refractivity contribution in [2.45, 2.75) is 0 Å². The van der Waals surface area contributed by atoms with Crippen molar-refractivity contribution >= 4 is 60.5 Å². The van der Waals surface area contributed by atoms with Crippen LogP contribution in [0.25, 0.3) is 54.6 Å². The first-order valence-electron chi connectivity index (χ1n) is 13.6. The summed E-state index contributed by atoms with van der Waals surface area (Å²) in [5.41, 5.74) is 7.56. The van der Waals surface area contributed by atoms with Crippen LogP contribution in [0.3, 0.4) is 0 Å². The Morgan fingerprint density at radius 1 is 0.375 bits per heavy atom. The third-order valence-corrected chi connectivity index (χ3v) is 7.82. The molecule has 8 aromatic rings. The van der Waals surface area contributed by atoms with Crippen LogP contribution in [0.4, 0.5) is 17.1 Å². The molecular formula is C38H25NO. The van der Waals surface area contributed by atoms with Gasteiger partial charge in [-0.2, -0.15) is 0 Å². The van der Waals surface area contributed by atoms with Crippen LogP contribution >= 0.6 is 0 Å². The molecule has 8 rings (SSSR count). The normalized spacial score (nSPS) is 11.5. The molecule has 0 aliphatic rings. The second kappa shape index (κ2) is 9.14. The van der Waals surface area contributed by atoms with Gasteiger partial charge in [-0.3, -0.25) is 0 Å². The molecule has 0 N–H and O–H groups in total. The lowest BCUT2D eigenvalue weighted by Gasteiger charge is -2.27. The standard InChI is InChI=1S/C38H25NO/c1-2-9-26(10-3-1)27-17-19-31(20-18-27)39(36-16-8-14-28-11-6-7-15-33(28)36)32-21-22-37-35(25-32)34-23-29-12-4-5-13-30(29)24-38(34)40-37/h1-25H. The Labute approximate surface area is 232 Å². The SMILES string of the molecule is c1ccc(-c2ccc(N(c3ccc4oc5cc6ccccc6cc5c4c3)c3cccc4ccccc34)cc2)cc1. The highest BCUT2D eigenvalue weighted by Crippen LogP contribution is 2.42. The van der Waals surface area contributed by atoms with E-state index in [0.717, 1.165) is 39.0 Å². The lowest BCUT2D eigenvalue weighted by molar-refractivity contribution is 0.669. The molecule has 1 heterocycles. The fourth-order valence-corrected chi connectivity index (χ4v) is 5.85. The zero-order valence-electron chi connectivity index (χ0n) is 21.8. The minimum atomic E-state index is 0.895. The van der Waals surface area contributed by atoms with Crippen LogP contribution in [0.5, 0.6) is 0 Å². The van der Waals surface area contributed by atoms with Gasteiger partial charge in [-0.05, 0) is 75.8 Å². The van der Waals surface area contributed by atoms with E-state index in [4.69, 9.17) is 4.42 Å². The van der Waals surface area contributed by atoms with Crippen molar-refractivity contribution in [3.63, 3.8) is 0 Å². The van der Waals surface area contributed by atoms with E-state index in [1.807, 2.05) is 0 Å².